The van der Waals surface area contributed by atoms with Gasteiger partial charge in [-0.15, -0.1) is 0 Å². The Kier molecular flexibility index (Phi) is 5.52. The Bertz CT molecular complexity index is 955. The molecular weight excluding hydrogens is 412 g/mol. The molecule has 1 aromatic carbocycles. The molecule has 0 saturated carbocycles. The zero-order valence-electron chi connectivity index (χ0n) is 18.7. The summed E-state index contributed by atoms with van der Waals surface area (Å²) < 4.78 is 0. The van der Waals surface area contributed by atoms with Gasteiger partial charge in [0.2, 0.25) is 17.7 Å². The number of rotatable bonds is 3. The summed E-state index contributed by atoms with van der Waals surface area (Å²) in [7, 11) is 0. The van der Waals surface area contributed by atoms with Crippen molar-refractivity contribution in [1.82, 2.24) is 19.6 Å². The third kappa shape index (κ3) is 3.87. The van der Waals surface area contributed by atoms with Crippen molar-refractivity contribution < 1.29 is 24.0 Å². The fourth-order valence-electron chi connectivity index (χ4n) is 4.57. The van der Waals surface area contributed by atoms with E-state index in [1.807, 2.05) is 20.8 Å². The minimum Gasteiger partial charge on any atom is -0.339 e. The predicted molar refractivity (Wildman–Crippen MR) is 115 cm³/mol. The monoisotopic (exact) mass is 440 g/mol. The lowest BCUT2D eigenvalue weighted by Gasteiger charge is -2.36. The SMILES string of the molecule is CC(C)(C)N1CC(C(=O)N2CCN(C(=O)CN3C(=O)c4ccccc4C3=O)CC2)CC1=O. The van der Waals surface area contributed by atoms with Crippen molar-refractivity contribution in [3.8, 4) is 0 Å². The van der Waals surface area contributed by atoms with Crippen LogP contribution in [-0.2, 0) is 14.4 Å². The van der Waals surface area contributed by atoms with E-state index in [9.17, 15) is 24.0 Å². The molecule has 32 heavy (non-hydrogen) atoms. The molecule has 0 bridgehead atoms. The van der Waals surface area contributed by atoms with Gasteiger partial charge in [0.1, 0.15) is 6.54 Å². The van der Waals surface area contributed by atoms with Crippen LogP contribution in [0.5, 0.6) is 0 Å². The minimum absolute atomic E-state index is 0.00870. The molecule has 1 aromatic rings. The van der Waals surface area contributed by atoms with Crippen LogP contribution >= 0.6 is 0 Å². The molecule has 170 valence electrons. The van der Waals surface area contributed by atoms with Crippen molar-refractivity contribution in [3.05, 3.63) is 35.4 Å². The molecule has 5 amide bonds. The highest BCUT2D eigenvalue weighted by atomic mass is 16.2. The molecule has 0 N–H and O–H groups in total. The molecule has 0 radical (unpaired) electrons. The second kappa shape index (κ2) is 8.03. The second-order valence-electron chi connectivity index (χ2n) is 9.52. The Morgan fingerprint density at radius 1 is 0.906 bits per heavy atom. The lowest BCUT2D eigenvalue weighted by Crippen LogP contribution is -2.54. The quantitative estimate of drug-likeness (QED) is 0.641. The molecule has 1 unspecified atom stereocenters. The van der Waals surface area contributed by atoms with Crippen LogP contribution < -0.4 is 0 Å². The van der Waals surface area contributed by atoms with Crippen molar-refractivity contribution >= 4 is 29.5 Å². The Morgan fingerprint density at radius 3 is 1.94 bits per heavy atom. The molecule has 1 atom stereocenters. The first-order valence-corrected chi connectivity index (χ1v) is 10.9. The Morgan fingerprint density at radius 2 is 1.44 bits per heavy atom. The van der Waals surface area contributed by atoms with Gasteiger partial charge in [-0.3, -0.25) is 28.9 Å². The topological polar surface area (TPSA) is 98.3 Å². The highest BCUT2D eigenvalue weighted by molar-refractivity contribution is 6.22. The molecule has 3 aliphatic rings. The second-order valence-corrected chi connectivity index (χ2v) is 9.52. The smallest absolute Gasteiger partial charge is 0.262 e. The summed E-state index contributed by atoms with van der Waals surface area (Å²) in [4.78, 5) is 69.0. The average Bonchev–Trinajstić information content (AvgIpc) is 3.27. The van der Waals surface area contributed by atoms with Crippen molar-refractivity contribution in [2.45, 2.75) is 32.7 Å². The van der Waals surface area contributed by atoms with Crippen LogP contribution in [0.15, 0.2) is 24.3 Å². The van der Waals surface area contributed by atoms with Gasteiger partial charge in [0.15, 0.2) is 0 Å². The summed E-state index contributed by atoms with van der Waals surface area (Å²) in [6.45, 7) is 7.37. The highest BCUT2D eigenvalue weighted by Crippen LogP contribution is 2.27. The number of carbonyl (C=O) groups excluding carboxylic acids is 5. The maximum Gasteiger partial charge on any atom is 0.262 e. The maximum absolute atomic E-state index is 12.9. The molecule has 9 nitrogen and oxygen atoms in total. The Balaban J connectivity index is 1.31. The van der Waals surface area contributed by atoms with E-state index in [2.05, 4.69) is 0 Å². The van der Waals surface area contributed by atoms with E-state index in [0.717, 1.165) is 4.90 Å². The Hall–Kier alpha value is -3.23. The summed E-state index contributed by atoms with van der Waals surface area (Å²) in [6.07, 6.45) is 0.217. The van der Waals surface area contributed by atoms with Crippen molar-refractivity contribution in [1.29, 1.82) is 0 Å². The fraction of sp³-hybridized carbons (Fsp3) is 0.522. The number of piperazine rings is 1. The van der Waals surface area contributed by atoms with Crippen LogP contribution in [0.1, 0.15) is 47.9 Å². The summed E-state index contributed by atoms with van der Waals surface area (Å²) >= 11 is 0. The summed E-state index contributed by atoms with van der Waals surface area (Å²) in [5.41, 5.74) is 0.314. The normalized spacial score (nSPS) is 21.5. The first-order chi connectivity index (χ1) is 15.1. The van der Waals surface area contributed by atoms with Gasteiger partial charge in [0.05, 0.1) is 17.0 Å². The third-order valence-electron chi connectivity index (χ3n) is 6.40. The van der Waals surface area contributed by atoms with Crippen molar-refractivity contribution in [3.63, 3.8) is 0 Å². The van der Waals surface area contributed by atoms with E-state index in [0.29, 0.717) is 43.9 Å². The number of hydrogen-bond donors (Lipinski definition) is 0. The van der Waals surface area contributed by atoms with E-state index in [4.69, 9.17) is 0 Å². The first-order valence-electron chi connectivity index (χ1n) is 10.9. The van der Waals surface area contributed by atoms with Crippen LogP contribution in [0.4, 0.5) is 0 Å². The van der Waals surface area contributed by atoms with E-state index in [-0.39, 0.29) is 42.1 Å². The Labute approximate surface area is 186 Å². The molecule has 0 aromatic heterocycles. The van der Waals surface area contributed by atoms with E-state index in [1.165, 1.54) is 0 Å². The largest absolute Gasteiger partial charge is 0.339 e. The number of imide groups is 1. The first kappa shape index (κ1) is 22.0. The molecule has 0 aliphatic carbocycles. The molecule has 2 saturated heterocycles. The van der Waals surface area contributed by atoms with Crippen LogP contribution in [0.25, 0.3) is 0 Å². The molecule has 2 fully saturated rings. The molecular formula is C23H28N4O5. The standard InChI is InChI=1S/C23H28N4O5/c1-23(2,3)27-13-15(12-18(27)28)20(30)25-10-8-24(9-11-25)19(29)14-26-21(31)16-6-4-5-7-17(16)22(26)32/h4-7,15H,8-14H2,1-3H3. The summed E-state index contributed by atoms with van der Waals surface area (Å²) in [5, 5.41) is 0. The zero-order valence-corrected chi connectivity index (χ0v) is 18.7. The number of fused-ring (bicyclic) bond motifs is 1. The number of hydrogen-bond acceptors (Lipinski definition) is 5. The number of benzene rings is 1. The van der Waals surface area contributed by atoms with Crippen LogP contribution in [0, 0.1) is 5.92 Å². The van der Waals surface area contributed by atoms with E-state index < -0.39 is 11.8 Å². The zero-order chi connectivity index (χ0) is 23.2. The summed E-state index contributed by atoms with van der Waals surface area (Å²) in [5.74, 6) is -1.66. The van der Waals surface area contributed by atoms with E-state index in [1.54, 1.807) is 39.0 Å². The van der Waals surface area contributed by atoms with Crippen molar-refractivity contribution in [2.75, 3.05) is 39.3 Å². The van der Waals surface area contributed by atoms with Crippen LogP contribution in [-0.4, -0.2) is 93.9 Å². The molecule has 9 heteroatoms. The van der Waals surface area contributed by atoms with Gasteiger partial charge in [-0.25, -0.2) is 0 Å². The minimum atomic E-state index is -0.456. The molecule has 3 aliphatic heterocycles. The van der Waals surface area contributed by atoms with Gasteiger partial charge < -0.3 is 14.7 Å². The maximum atomic E-state index is 12.9. The lowest BCUT2D eigenvalue weighted by molar-refractivity contribution is -0.142. The fourth-order valence-corrected chi connectivity index (χ4v) is 4.57. The molecule has 3 heterocycles. The lowest BCUT2D eigenvalue weighted by atomic mass is 10.1. The number of carbonyl (C=O) groups is 5. The van der Waals surface area contributed by atoms with Gasteiger partial charge >= 0.3 is 0 Å². The average molecular weight is 441 g/mol. The number of likely N-dealkylation sites (tertiary alicyclic amines) is 1. The van der Waals surface area contributed by atoms with Gasteiger partial charge in [-0.2, -0.15) is 0 Å². The van der Waals surface area contributed by atoms with Crippen LogP contribution in [0.3, 0.4) is 0 Å². The third-order valence-corrected chi connectivity index (χ3v) is 6.40. The van der Waals surface area contributed by atoms with Gasteiger partial charge in [-0.1, -0.05) is 12.1 Å². The van der Waals surface area contributed by atoms with Crippen LogP contribution in [0.2, 0.25) is 0 Å². The highest BCUT2D eigenvalue weighted by Gasteiger charge is 2.42. The van der Waals surface area contributed by atoms with Gasteiger partial charge in [-0.05, 0) is 32.9 Å². The molecule has 0 spiro atoms. The van der Waals surface area contributed by atoms with Crippen molar-refractivity contribution in [2.24, 2.45) is 5.92 Å². The summed E-state index contributed by atoms with van der Waals surface area (Å²) in [6, 6.07) is 6.53. The molecule has 4 rings (SSSR count). The van der Waals surface area contributed by atoms with Gasteiger partial charge in [0.25, 0.3) is 11.8 Å². The van der Waals surface area contributed by atoms with Gasteiger partial charge in [0, 0.05) is 44.7 Å². The predicted octanol–water partition coefficient (Wildman–Crippen LogP) is 0.600. The van der Waals surface area contributed by atoms with E-state index >= 15 is 0 Å². The number of nitrogens with zero attached hydrogens (tertiary/aromatic N) is 4. The number of amides is 5.